The number of pyridine rings is 1. The number of aromatic amines is 1. The van der Waals surface area contributed by atoms with Crippen LogP contribution in [0.2, 0.25) is 0 Å². The number of hydrogen-bond donors (Lipinski definition) is 2. The molecule has 0 saturated heterocycles. The average molecular weight is 365 g/mol. The zero-order valence-corrected chi connectivity index (χ0v) is 13.9. The lowest BCUT2D eigenvalue weighted by atomic mass is 9.88. The average Bonchev–Trinajstić information content (AvgIpc) is 2.93. The second kappa shape index (κ2) is 6.12. The first-order chi connectivity index (χ1) is 10.6. The first-order valence-electron chi connectivity index (χ1n) is 7.33. The molecule has 0 unspecified atom stereocenters. The van der Waals surface area contributed by atoms with Crippen LogP contribution < -0.4 is 10.9 Å². The minimum absolute atomic E-state index is 0.112. The number of hydrogen-bond acceptors (Lipinski definition) is 3. The first kappa shape index (κ1) is 15.1. The highest BCUT2D eigenvalue weighted by Crippen LogP contribution is 2.24. The van der Waals surface area contributed by atoms with Crippen LogP contribution in [0.4, 0.5) is 0 Å². The zero-order valence-electron chi connectivity index (χ0n) is 12.3. The molecular formula is C16H17BrN2O3. The largest absolute Gasteiger partial charge is 0.444 e. The van der Waals surface area contributed by atoms with E-state index in [1.165, 1.54) is 5.56 Å². The molecule has 0 radical (unpaired) electrons. The summed E-state index contributed by atoms with van der Waals surface area (Å²) in [4.78, 5) is 27.2. The van der Waals surface area contributed by atoms with Crippen LogP contribution in [0.5, 0.6) is 0 Å². The Morgan fingerprint density at radius 3 is 2.73 bits per heavy atom. The molecule has 5 nitrogen and oxygen atoms in total. The number of carbonyl (C=O) groups excluding carboxylic acids is 1. The van der Waals surface area contributed by atoms with E-state index in [9.17, 15) is 9.59 Å². The second-order valence-electron chi connectivity index (χ2n) is 5.51. The molecule has 1 aliphatic carbocycles. The number of rotatable bonds is 3. The fraction of sp³-hybridized carbons (Fsp3) is 0.375. The molecule has 116 valence electrons. The van der Waals surface area contributed by atoms with Crippen molar-refractivity contribution in [2.75, 3.05) is 0 Å². The van der Waals surface area contributed by atoms with E-state index in [1.807, 2.05) is 6.92 Å². The summed E-state index contributed by atoms with van der Waals surface area (Å²) < 4.78 is 5.72. The van der Waals surface area contributed by atoms with Gasteiger partial charge in [0, 0.05) is 17.8 Å². The van der Waals surface area contributed by atoms with Gasteiger partial charge in [-0.3, -0.25) is 9.59 Å². The SMILES string of the molecule is Cc1[nH]c(=O)c(CNC(=O)c2ccc(Br)o2)c2c1CCCC2. The third-order valence-electron chi connectivity index (χ3n) is 4.08. The molecule has 0 aromatic carbocycles. The maximum atomic E-state index is 12.2. The molecule has 0 atom stereocenters. The van der Waals surface area contributed by atoms with Crippen LogP contribution in [0.25, 0.3) is 0 Å². The Kier molecular flexibility index (Phi) is 4.20. The van der Waals surface area contributed by atoms with E-state index in [4.69, 9.17) is 4.42 Å². The summed E-state index contributed by atoms with van der Waals surface area (Å²) >= 11 is 3.16. The van der Waals surface area contributed by atoms with Crippen molar-refractivity contribution in [1.82, 2.24) is 10.3 Å². The van der Waals surface area contributed by atoms with Crippen LogP contribution in [0.15, 0.2) is 26.0 Å². The van der Waals surface area contributed by atoms with E-state index in [2.05, 4.69) is 26.2 Å². The highest BCUT2D eigenvalue weighted by Gasteiger charge is 2.19. The molecule has 0 saturated carbocycles. The minimum Gasteiger partial charge on any atom is -0.444 e. The molecule has 1 amide bonds. The molecule has 22 heavy (non-hydrogen) atoms. The Balaban J connectivity index is 1.83. The van der Waals surface area contributed by atoms with Crippen LogP contribution in [0.3, 0.4) is 0 Å². The van der Waals surface area contributed by atoms with Gasteiger partial charge >= 0.3 is 0 Å². The van der Waals surface area contributed by atoms with E-state index >= 15 is 0 Å². The number of aromatic nitrogens is 1. The van der Waals surface area contributed by atoms with Crippen molar-refractivity contribution in [2.45, 2.75) is 39.2 Å². The van der Waals surface area contributed by atoms with Gasteiger partial charge in [0.25, 0.3) is 11.5 Å². The normalized spacial score (nSPS) is 13.7. The highest BCUT2D eigenvalue weighted by atomic mass is 79.9. The third-order valence-corrected chi connectivity index (χ3v) is 4.51. The van der Waals surface area contributed by atoms with Crippen LogP contribution >= 0.6 is 15.9 Å². The van der Waals surface area contributed by atoms with E-state index in [-0.39, 0.29) is 23.8 Å². The van der Waals surface area contributed by atoms with Crippen molar-refractivity contribution in [1.29, 1.82) is 0 Å². The van der Waals surface area contributed by atoms with Gasteiger partial charge in [0.2, 0.25) is 0 Å². The van der Waals surface area contributed by atoms with Crippen LogP contribution in [-0.4, -0.2) is 10.9 Å². The minimum atomic E-state index is -0.324. The summed E-state index contributed by atoms with van der Waals surface area (Å²) in [6.07, 6.45) is 4.12. The molecule has 2 N–H and O–H groups in total. The summed E-state index contributed by atoms with van der Waals surface area (Å²) in [5.41, 5.74) is 3.84. The molecule has 1 aliphatic rings. The molecule has 0 aliphatic heterocycles. The fourth-order valence-electron chi connectivity index (χ4n) is 2.99. The van der Waals surface area contributed by atoms with Crippen molar-refractivity contribution in [2.24, 2.45) is 0 Å². The Morgan fingerprint density at radius 2 is 2.05 bits per heavy atom. The molecule has 0 bridgehead atoms. The summed E-state index contributed by atoms with van der Waals surface area (Å²) in [6, 6.07) is 3.25. The summed E-state index contributed by atoms with van der Waals surface area (Å²) in [6.45, 7) is 2.16. The van der Waals surface area contributed by atoms with Gasteiger partial charge in [-0.25, -0.2) is 0 Å². The summed E-state index contributed by atoms with van der Waals surface area (Å²) in [5.74, 6) is -0.0977. The van der Waals surface area contributed by atoms with Gasteiger partial charge in [0.1, 0.15) is 0 Å². The topological polar surface area (TPSA) is 75.1 Å². The van der Waals surface area contributed by atoms with E-state index in [0.29, 0.717) is 10.2 Å². The number of aryl methyl sites for hydroxylation is 1. The van der Waals surface area contributed by atoms with Crippen molar-refractivity contribution in [3.8, 4) is 0 Å². The molecule has 3 rings (SSSR count). The lowest BCUT2D eigenvalue weighted by molar-refractivity contribution is 0.0921. The van der Waals surface area contributed by atoms with Gasteiger partial charge in [0.05, 0.1) is 0 Å². The lowest BCUT2D eigenvalue weighted by Gasteiger charge is -2.21. The van der Waals surface area contributed by atoms with Crippen molar-refractivity contribution < 1.29 is 9.21 Å². The predicted octanol–water partition coefficient (Wildman–Crippen LogP) is 2.85. The van der Waals surface area contributed by atoms with Crippen molar-refractivity contribution in [3.63, 3.8) is 0 Å². The molecule has 2 heterocycles. The summed E-state index contributed by atoms with van der Waals surface area (Å²) in [5, 5.41) is 2.77. The molecular weight excluding hydrogens is 348 g/mol. The number of amides is 1. The van der Waals surface area contributed by atoms with Gasteiger partial charge in [-0.2, -0.15) is 0 Å². The van der Waals surface area contributed by atoms with Crippen LogP contribution in [-0.2, 0) is 19.4 Å². The first-order valence-corrected chi connectivity index (χ1v) is 8.12. The van der Waals surface area contributed by atoms with E-state index in [0.717, 1.165) is 36.9 Å². The molecule has 2 aromatic heterocycles. The molecule has 2 aromatic rings. The lowest BCUT2D eigenvalue weighted by Crippen LogP contribution is -2.29. The number of H-pyrrole nitrogens is 1. The maximum Gasteiger partial charge on any atom is 0.287 e. The third kappa shape index (κ3) is 2.88. The maximum absolute atomic E-state index is 12.2. The smallest absolute Gasteiger partial charge is 0.287 e. The number of carbonyl (C=O) groups is 1. The number of halogens is 1. The second-order valence-corrected chi connectivity index (χ2v) is 6.29. The Labute approximate surface area is 136 Å². The number of nitrogens with one attached hydrogen (secondary N) is 2. The quantitative estimate of drug-likeness (QED) is 0.878. The standard InChI is InChI=1S/C16H17BrN2O3/c1-9-10-4-2-3-5-11(10)12(15(20)19-9)8-18-16(21)13-6-7-14(17)22-13/h6-7H,2-5,8H2,1H3,(H,18,21)(H,19,20). The van der Waals surface area contributed by atoms with E-state index < -0.39 is 0 Å². The highest BCUT2D eigenvalue weighted by molar-refractivity contribution is 9.10. The van der Waals surface area contributed by atoms with E-state index in [1.54, 1.807) is 12.1 Å². The predicted molar refractivity (Wildman–Crippen MR) is 86.0 cm³/mol. The Hall–Kier alpha value is -1.82. The van der Waals surface area contributed by atoms with Gasteiger partial charge in [0.15, 0.2) is 10.4 Å². The van der Waals surface area contributed by atoms with Crippen LogP contribution in [0, 0.1) is 6.92 Å². The van der Waals surface area contributed by atoms with Gasteiger partial charge in [-0.15, -0.1) is 0 Å². The van der Waals surface area contributed by atoms with Gasteiger partial charge in [-0.05, 0) is 71.8 Å². The monoisotopic (exact) mass is 364 g/mol. The number of fused-ring (bicyclic) bond motifs is 1. The Bertz CT molecular complexity index is 776. The Morgan fingerprint density at radius 1 is 1.32 bits per heavy atom. The summed E-state index contributed by atoms with van der Waals surface area (Å²) in [7, 11) is 0. The van der Waals surface area contributed by atoms with Crippen LogP contribution in [0.1, 0.15) is 45.8 Å². The zero-order chi connectivity index (χ0) is 15.7. The molecule has 0 fully saturated rings. The van der Waals surface area contributed by atoms with Crippen molar-refractivity contribution >= 4 is 21.8 Å². The number of furan rings is 1. The fourth-order valence-corrected chi connectivity index (χ4v) is 3.30. The van der Waals surface area contributed by atoms with Gasteiger partial charge < -0.3 is 14.7 Å². The van der Waals surface area contributed by atoms with Crippen molar-refractivity contribution in [3.05, 3.63) is 55.3 Å². The molecule has 0 spiro atoms. The molecule has 6 heteroatoms. The van der Waals surface area contributed by atoms with Gasteiger partial charge in [-0.1, -0.05) is 0 Å².